The van der Waals surface area contributed by atoms with E-state index in [0.29, 0.717) is 12.8 Å². The first-order chi connectivity index (χ1) is 4.22. The van der Waals surface area contributed by atoms with Crippen LogP contribution in [0.15, 0.2) is 12.7 Å². The number of hydrogen-bond acceptors (Lipinski definition) is 2. The largest absolute Gasteiger partial charge is 0.390 e. The minimum absolute atomic E-state index is 0.467. The average Bonchev–Trinajstić information content (AvgIpc) is 1.87. The Bertz CT molecular complexity index is 81.0. The summed E-state index contributed by atoms with van der Waals surface area (Å²) in [7, 11) is 0. The molecule has 0 amide bonds. The fourth-order valence-corrected chi connectivity index (χ4v) is 0.600. The van der Waals surface area contributed by atoms with Crippen LogP contribution < -0.4 is 0 Å². The van der Waals surface area contributed by atoms with E-state index in [4.69, 9.17) is 10.2 Å². The Hall–Kier alpha value is -0.340. The Morgan fingerprint density at radius 2 is 2.00 bits per heavy atom. The van der Waals surface area contributed by atoms with Crippen LogP contribution in [0.5, 0.6) is 0 Å². The van der Waals surface area contributed by atoms with Crippen molar-refractivity contribution in [2.24, 2.45) is 0 Å². The zero-order valence-corrected chi connectivity index (χ0v) is 5.75. The highest BCUT2D eigenvalue weighted by atomic mass is 16.3. The molecule has 0 aromatic heterocycles. The Balaban J connectivity index is 3.44. The molecule has 0 aliphatic carbocycles. The molecule has 54 valence electrons. The molecule has 2 atom stereocenters. The van der Waals surface area contributed by atoms with Crippen LogP contribution in [0.2, 0.25) is 0 Å². The van der Waals surface area contributed by atoms with Crippen LogP contribution in [-0.2, 0) is 0 Å². The number of aliphatic hydroxyl groups is 2. The van der Waals surface area contributed by atoms with Crippen molar-refractivity contribution in [1.29, 1.82) is 0 Å². The van der Waals surface area contributed by atoms with Crippen LogP contribution in [0.4, 0.5) is 0 Å². The van der Waals surface area contributed by atoms with E-state index in [1.165, 1.54) is 0 Å². The highest BCUT2D eigenvalue weighted by Gasteiger charge is 2.10. The smallest absolute Gasteiger partial charge is 0.0833 e. The van der Waals surface area contributed by atoms with Gasteiger partial charge in [0.1, 0.15) is 0 Å². The predicted octanol–water partition coefficient (Wildman–Crippen LogP) is 0.694. The maximum absolute atomic E-state index is 9.00. The van der Waals surface area contributed by atoms with Gasteiger partial charge in [-0.2, -0.15) is 0 Å². The third-order valence-corrected chi connectivity index (χ3v) is 1.27. The molecule has 2 nitrogen and oxygen atoms in total. The van der Waals surface area contributed by atoms with Crippen molar-refractivity contribution in [3.05, 3.63) is 12.7 Å². The molecular weight excluding hydrogens is 116 g/mol. The van der Waals surface area contributed by atoms with Gasteiger partial charge < -0.3 is 10.2 Å². The standard InChI is InChI=1S/C7H14O2/c1-3-5-7(9)6(8)4-2/h3,6-9H,1,4-5H2,2H3. The topological polar surface area (TPSA) is 40.5 Å². The van der Waals surface area contributed by atoms with E-state index in [-0.39, 0.29) is 0 Å². The molecule has 2 N–H and O–H groups in total. The van der Waals surface area contributed by atoms with Crippen LogP contribution in [0.25, 0.3) is 0 Å². The molecule has 0 rings (SSSR count). The van der Waals surface area contributed by atoms with Gasteiger partial charge in [-0.1, -0.05) is 13.0 Å². The monoisotopic (exact) mass is 130 g/mol. The molecular formula is C7H14O2. The van der Waals surface area contributed by atoms with Crippen molar-refractivity contribution in [3.8, 4) is 0 Å². The molecule has 2 unspecified atom stereocenters. The first-order valence-electron chi connectivity index (χ1n) is 3.19. The van der Waals surface area contributed by atoms with Crippen molar-refractivity contribution < 1.29 is 10.2 Å². The Morgan fingerprint density at radius 3 is 2.33 bits per heavy atom. The number of rotatable bonds is 4. The fraction of sp³-hybridized carbons (Fsp3) is 0.714. The first kappa shape index (κ1) is 8.66. The lowest BCUT2D eigenvalue weighted by molar-refractivity contribution is 0.0198. The summed E-state index contributed by atoms with van der Waals surface area (Å²) in [5.74, 6) is 0. The predicted molar refractivity (Wildman–Crippen MR) is 37.1 cm³/mol. The quantitative estimate of drug-likeness (QED) is 0.550. The molecule has 0 aliphatic rings. The SMILES string of the molecule is C=CCC(O)C(O)CC. The molecule has 0 aromatic carbocycles. The highest BCUT2D eigenvalue weighted by Crippen LogP contribution is 2.01. The van der Waals surface area contributed by atoms with Gasteiger partial charge in [0.15, 0.2) is 0 Å². The van der Waals surface area contributed by atoms with E-state index >= 15 is 0 Å². The summed E-state index contributed by atoms with van der Waals surface area (Å²) in [5, 5.41) is 18.0. The maximum atomic E-state index is 9.00. The molecule has 0 spiro atoms. The summed E-state index contributed by atoms with van der Waals surface area (Å²) < 4.78 is 0. The van der Waals surface area contributed by atoms with Gasteiger partial charge in [0.2, 0.25) is 0 Å². The van der Waals surface area contributed by atoms with Gasteiger partial charge >= 0.3 is 0 Å². The summed E-state index contributed by atoms with van der Waals surface area (Å²) in [4.78, 5) is 0. The van der Waals surface area contributed by atoms with Crippen molar-refractivity contribution in [2.45, 2.75) is 32.0 Å². The summed E-state index contributed by atoms with van der Waals surface area (Å²) in [6.07, 6.45) is 1.43. The summed E-state index contributed by atoms with van der Waals surface area (Å²) >= 11 is 0. The molecule has 0 saturated heterocycles. The summed E-state index contributed by atoms with van der Waals surface area (Å²) in [6, 6.07) is 0. The van der Waals surface area contributed by atoms with Crippen LogP contribution in [-0.4, -0.2) is 22.4 Å². The molecule has 2 heteroatoms. The van der Waals surface area contributed by atoms with E-state index in [2.05, 4.69) is 6.58 Å². The van der Waals surface area contributed by atoms with E-state index in [1.54, 1.807) is 6.08 Å². The first-order valence-corrected chi connectivity index (χ1v) is 3.19. The lowest BCUT2D eigenvalue weighted by atomic mass is 10.1. The molecule has 0 bridgehead atoms. The van der Waals surface area contributed by atoms with Crippen LogP contribution in [0.1, 0.15) is 19.8 Å². The average molecular weight is 130 g/mol. The fourth-order valence-electron chi connectivity index (χ4n) is 0.600. The van der Waals surface area contributed by atoms with E-state index in [0.717, 1.165) is 0 Å². The normalized spacial score (nSPS) is 16.8. The van der Waals surface area contributed by atoms with Crippen molar-refractivity contribution >= 4 is 0 Å². The Morgan fingerprint density at radius 1 is 1.44 bits per heavy atom. The van der Waals surface area contributed by atoms with Crippen LogP contribution in [0, 0.1) is 0 Å². The molecule has 0 aromatic rings. The van der Waals surface area contributed by atoms with Crippen LogP contribution in [0.3, 0.4) is 0 Å². The zero-order valence-electron chi connectivity index (χ0n) is 5.75. The van der Waals surface area contributed by atoms with Gasteiger partial charge in [0.05, 0.1) is 12.2 Å². The second-order valence-electron chi connectivity index (χ2n) is 2.07. The van der Waals surface area contributed by atoms with Gasteiger partial charge in [-0.15, -0.1) is 6.58 Å². The van der Waals surface area contributed by atoms with Gasteiger partial charge in [-0.25, -0.2) is 0 Å². The summed E-state index contributed by atoms with van der Waals surface area (Å²) in [6.45, 7) is 5.28. The minimum atomic E-state index is -0.632. The lowest BCUT2D eigenvalue weighted by Crippen LogP contribution is -2.23. The van der Waals surface area contributed by atoms with E-state index in [9.17, 15) is 0 Å². The molecule has 0 aliphatic heterocycles. The third-order valence-electron chi connectivity index (χ3n) is 1.27. The molecule has 0 heterocycles. The third kappa shape index (κ3) is 3.27. The van der Waals surface area contributed by atoms with Gasteiger partial charge in [0, 0.05) is 0 Å². The van der Waals surface area contributed by atoms with Crippen molar-refractivity contribution in [2.75, 3.05) is 0 Å². The summed E-state index contributed by atoms with van der Waals surface area (Å²) in [5.41, 5.74) is 0. The van der Waals surface area contributed by atoms with Crippen molar-refractivity contribution in [3.63, 3.8) is 0 Å². The Labute approximate surface area is 55.8 Å². The minimum Gasteiger partial charge on any atom is -0.390 e. The van der Waals surface area contributed by atoms with Gasteiger partial charge in [-0.3, -0.25) is 0 Å². The van der Waals surface area contributed by atoms with E-state index in [1.807, 2.05) is 6.92 Å². The lowest BCUT2D eigenvalue weighted by Gasteiger charge is -2.12. The molecule has 0 saturated carbocycles. The van der Waals surface area contributed by atoms with Crippen molar-refractivity contribution in [1.82, 2.24) is 0 Å². The second kappa shape index (κ2) is 4.53. The zero-order chi connectivity index (χ0) is 7.28. The number of hydrogen-bond donors (Lipinski definition) is 2. The molecule has 9 heavy (non-hydrogen) atoms. The van der Waals surface area contributed by atoms with Gasteiger partial charge in [0.25, 0.3) is 0 Å². The maximum Gasteiger partial charge on any atom is 0.0833 e. The van der Waals surface area contributed by atoms with Crippen LogP contribution >= 0.6 is 0 Å². The molecule has 0 radical (unpaired) electrons. The Kier molecular flexibility index (Phi) is 4.36. The number of aliphatic hydroxyl groups excluding tert-OH is 2. The highest BCUT2D eigenvalue weighted by molar-refractivity contribution is 4.76. The molecule has 0 fully saturated rings. The van der Waals surface area contributed by atoms with Gasteiger partial charge in [-0.05, 0) is 12.8 Å². The van der Waals surface area contributed by atoms with E-state index < -0.39 is 12.2 Å². The second-order valence-corrected chi connectivity index (χ2v) is 2.07.